The fourth-order valence-electron chi connectivity index (χ4n) is 4.04. The molecule has 3 aromatic rings. The van der Waals surface area contributed by atoms with Gasteiger partial charge >= 0.3 is 18.0 Å². The van der Waals surface area contributed by atoms with Crippen LogP contribution in [0.3, 0.4) is 0 Å². The van der Waals surface area contributed by atoms with Crippen molar-refractivity contribution in [3.05, 3.63) is 70.0 Å². The lowest BCUT2D eigenvalue weighted by Crippen LogP contribution is -2.57. The molecule has 47 heavy (non-hydrogen) atoms. The Morgan fingerprint density at radius 3 is 2.30 bits per heavy atom. The molecule has 0 saturated carbocycles. The Morgan fingerprint density at radius 2 is 1.70 bits per heavy atom. The van der Waals surface area contributed by atoms with Crippen LogP contribution in [-0.2, 0) is 41.8 Å². The first-order chi connectivity index (χ1) is 22.0. The molecule has 2 heterocycles. The molecule has 0 aliphatic rings. The van der Waals surface area contributed by atoms with Crippen LogP contribution in [0.1, 0.15) is 40.2 Å². The van der Waals surface area contributed by atoms with E-state index in [0.717, 1.165) is 10.8 Å². The summed E-state index contributed by atoms with van der Waals surface area (Å²) >= 11 is 1.19. The number of rotatable bonds is 13. The van der Waals surface area contributed by atoms with Crippen molar-refractivity contribution in [2.24, 2.45) is 5.92 Å². The number of esters is 1. The number of carbonyl (C=O) groups excluding carboxylic acids is 5. The van der Waals surface area contributed by atoms with Gasteiger partial charge in [0.05, 0.1) is 17.1 Å². The molecule has 3 amide bonds. The van der Waals surface area contributed by atoms with Crippen LogP contribution in [0.15, 0.2) is 58.8 Å². The zero-order valence-electron chi connectivity index (χ0n) is 26.3. The molecule has 0 fully saturated rings. The summed E-state index contributed by atoms with van der Waals surface area (Å²) in [7, 11) is 0. The van der Waals surface area contributed by atoms with Crippen LogP contribution >= 0.6 is 11.3 Å². The van der Waals surface area contributed by atoms with Crippen LogP contribution in [0, 0.1) is 5.92 Å². The van der Waals surface area contributed by atoms with Gasteiger partial charge in [-0.05, 0) is 43.7 Å². The maximum absolute atomic E-state index is 15.0. The third-order valence-electron chi connectivity index (χ3n) is 6.21. The molecular formula is C31H35F2N5O8S. The van der Waals surface area contributed by atoms with Gasteiger partial charge in [0.15, 0.2) is 5.82 Å². The highest BCUT2D eigenvalue weighted by atomic mass is 32.1. The molecule has 1 atom stereocenters. The van der Waals surface area contributed by atoms with Gasteiger partial charge in [0.1, 0.15) is 31.0 Å². The summed E-state index contributed by atoms with van der Waals surface area (Å²) in [5, 5.41) is 7.86. The van der Waals surface area contributed by atoms with Crippen LogP contribution in [0.25, 0.3) is 10.7 Å². The Balaban J connectivity index is 1.78. The van der Waals surface area contributed by atoms with Gasteiger partial charge in [0.2, 0.25) is 11.7 Å². The number of carbonyl (C=O) groups is 5. The van der Waals surface area contributed by atoms with Gasteiger partial charge in [-0.15, -0.1) is 11.3 Å². The van der Waals surface area contributed by atoms with Gasteiger partial charge < -0.3 is 20.1 Å². The van der Waals surface area contributed by atoms with E-state index in [1.165, 1.54) is 25.2 Å². The van der Waals surface area contributed by atoms with Crippen molar-refractivity contribution in [1.82, 2.24) is 20.2 Å². The fraction of sp³-hybridized carbons (Fsp3) is 0.387. The second kappa shape index (κ2) is 15.5. The van der Waals surface area contributed by atoms with Crippen molar-refractivity contribution >= 4 is 46.7 Å². The molecule has 16 heteroatoms. The Bertz CT molecular complexity index is 1650. The van der Waals surface area contributed by atoms with Crippen LogP contribution in [0.5, 0.6) is 0 Å². The number of ether oxygens (including phenoxy) is 2. The number of hydrogen-bond acceptors (Lipinski definition) is 10. The molecule has 0 aliphatic carbocycles. The van der Waals surface area contributed by atoms with E-state index in [4.69, 9.17) is 9.47 Å². The van der Waals surface area contributed by atoms with Crippen molar-refractivity contribution < 1.29 is 42.2 Å². The zero-order chi connectivity index (χ0) is 34.9. The molecule has 13 nitrogen and oxygen atoms in total. The number of aromatic nitrogens is 2. The predicted molar refractivity (Wildman–Crippen MR) is 168 cm³/mol. The van der Waals surface area contributed by atoms with E-state index >= 15 is 0 Å². The third-order valence-corrected chi connectivity index (χ3v) is 7.08. The van der Waals surface area contributed by atoms with Gasteiger partial charge in [-0.3, -0.25) is 33.9 Å². The Morgan fingerprint density at radius 1 is 1.02 bits per heavy atom. The number of halogens is 2. The highest BCUT2D eigenvalue weighted by Crippen LogP contribution is 2.23. The smallest absolute Gasteiger partial charge is 0.412 e. The number of hydrogen-bond donors (Lipinski definition) is 3. The van der Waals surface area contributed by atoms with Crippen molar-refractivity contribution in [3.8, 4) is 10.7 Å². The molecule has 0 radical (unpaired) electrons. The van der Waals surface area contributed by atoms with E-state index in [1.807, 2.05) is 0 Å². The largest absolute Gasteiger partial charge is 0.459 e. The predicted octanol–water partition coefficient (Wildman–Crippen LogP) is 3.52. The molecular weight excluding hydrogens is 640 g/mol. The summed E-state index contributed by atoms with van der Waals surface area (Å²) in [5.41, 5.74) is -1.44. The minimum atomic E-state index is -4.63. The lowest BCUT2D eigenvalue weighted by molar-refractivity contribution is -0.163. The number of alkyl halides is 2. The SMILES string of the molecule is CC(C)C(NC(=O)Cn1c(-c2cccs2)ncc(NC(=O)OCc2ccccc2)c1=O)C(=O)C(F)(F)C(=O)NCC(=O)OC(C)(C)C. The molecule has 2 aromatic heterocycles. The molecule has 0 spiro atoms. The van der Waals surface area contributed by atoms with Crippen LogP contribution in [-0.4, -0.2) is 63.3 Å². The number of thiophene rings is 1. The van der Waals surface area contributed by atoms with E-state index < -0.39 is 71.8 Å². The molecule has 1 unspecified atom stereocenters. The van der Waals surface area contributed by atoms with Crippen LogP contribution in [0.4, 0.5) is 19.3 Å². The zero-order valence-corrected chi connectivity index (χ0v) is 27.1. The van der Waals surface area contributed by atoms with E-state index in [-0.39, 0.29) is 18.1 Å². The molecule has 0 aliphatic heterocycles. The summed E-state index contributed by atoms with van der Waals surface area (Å²) in [6.07, 6.45) is 0.122. The first kappa shape index (κ1) is 36.5. The maximum atomic E-state index is 15.0. The molecule has 3 rings (SSSR count). The normalized spacial score (nSPS) is 12.2. The minimum absolute atomic E-state index is 0.0302. The van der Waals surface area contributed by atoms with E-state index in [9.17, 15) is 37.5 Å². The quantitative estimate of drug-likeness (QED) is 0.181. The molecule has 0 bridgehead atoms. The number of nitrogens with zero attached hydrogens (tertiary/aromatic N) is 2. The summed E-state index contributed by atoms with van der Waals surface area (Å²) in [4.78, 5) is 80.7. The Labute approximate surface area is 272 Å². The van der Waals surface area contributed by atoms with Gasteiger partial charge in [-0.25, -0.2) is 9.78 Å². The Kier molecular flexibility index (Phi) is 12.1. The van der Waals surface area contributed by atoms with Gasteiger partial charge in [-0.1, -0.05) is 50.2 Å². The minimum Gasteiger partial charge on any atom is -0.459 e. The summed E-state index contributed by atoms with van der Waals surface area (Å²) in [5.74, 6) is -11.5. The second-order valence-corrected chi connectivity index (χ2v) is 12.5. The first-order valence-electron chi connectivity index (χ1n) is 14.3. The standard InChI is InChI=1S/C31H35F2N5O8S/c1-18(2)24(25(41)31(32,33)28(43)35-15-23(40)46-30(3,4)5)37-22(39)16-38-26(21-12-9-13-47-21)34-14-20(27(38)42)36-29(44)45-17-19-10-7-6-8-11-19/h6-14,18,24H,15-17H2,1-5H3,(H,35,43)(H,36,44)(H,37,39). The van der Waals surface area contributed by atoms with Crippen molar-refractivity contribution in [2.45, 2.75) is 65.3 Å². The first-order valence-corrected chi connectivity index (χ1v) is 15.2. The lowest BCUT2D eigenvalue weighted by atomic mass is 9.95. The number of amides is 3. The van der Waals surface area contributed by atoms with Gasteiger partial charge in [-0.2, -0.15) is 8.78 Å². The highest BCUT2D eigenvalue weighted by molar-refractivity contribution is 7.13. The summed E-state index contributed by atoms with van der Waals surface area (Å²) in [6.45, 7) is 5.58. The summed E-state index contributed by atoms with van der Waals surface area (Å²) in [6, 6.07) is 10.2. The van der Waals surface area contributed by atoms with E-state index in [0.29, 0.717) is 10.4 Å². The molecule has 1 aromatic carbocycles. The maximum Gasteiger partial charge on any atom is 0.412 e. The fourth-order valence-corrected chi connectivity index (χ4v) is 4.77. The van der Waals surface area contributed by atoms with Crippen molar-refractivity contribution in [2.75, 3.05) is 11.9 Å². The third kappa shape index (κ3) is 10.3. The topological polar surface area (TPSA) is 175 Å². The van der Waals surface area contributed by atoms with Gasteiger partial charge in [0.25, 0.3) is 11.5 Å². The van der Waals surface area contributed by atoms with E-state index in [2.05, 4.69) is 15.6 Å². The van der Waals surface area contributed by atoms with Gasteiger partial charge in [0, 0.05) is 0 Å². The summed E-state index contributed by atoms with van der Waals surface area (Å²) < 4.78 is 40.9. The number of benzene rings is 1. The molecule has 3 N–H and O–H groups in total. The monoisotopic (exact) mass is 675 g/mol. The average molecular weight is 676 g/mol. The highest BCUT2D eigenvalue weighted by Gasteiger charge is 2.51. The second-order valence-electron chi connectivity index (χ2n) is 11.5. The molecule has 252 valence electrons. The lowest BCUT2D eigenvalue weighted by Gasteiger charge is -2.25. The Hall–Kier alpha value is -4.99. The average Bonchev–Trinajstić information content (AvgIpc) is 3.53. The number of Topliss-reactive ketones (excluding diaryl/α,β-unsaturated/α-hetero) is 1. The van der Waals surface area contributed by atoms with Crippen molar-refractivity contribution in [3.63, 3.8) is 0 Å². The van der Waals surface area contributed by atoms with Crippen LogP contribution < -0.4 is 21.5 Å². The van der Waals surface area contributed by atoms with E-state index in [1.54, 1.807) is 73.9 Å². The number of nitrogens with one attached hydrogen (secondary N) is 3. The van der Waals surface area contributed by atoms with Crippen molar-refractivity contribution in [1.29, 1.82) is 0 Å². The van der Waals surface area contributed by atoms with Crippen LogP contribution in [0.2, 0.25) is 0 Å². The number of anilines is 1. The molecule has 0 saturated heterocycles. The number of ketones is 1.